The summed E-state index contributed by atoms with van der Waals surface area (Å²) in [6.07, 6.45) is 2.69. The van der Waals surface area contributed by atoms with E-state index < -0.39 is 0 Å². The molecule has 36 heavy (non-hydrogen) atoms. The maximum Gasteiger partial charge on any atom is 0.266 e. The van der Waals surface area contributed by atoms with Gasteiger partial charge in [0, 0.05) is 12.1 Å². The molecule has 0 atom stereocenters. The standard InChI is InChI=1S/C29H27N3O3S/c1-4-15-32-28(33)27(36-29(32)31-24-12-9-20(2)10-13-24)17-21-11-14-25(26(16-21)34-3)35-19-23-8-6-5-7-22(23)18-30/h5-14,16-17H,4,15,19H2,1-3H3/b27-17+,31-29?. The van der Waals surface area contributed by atoms with Crippen molar-refractivity contribution in [3.63, 3.8) is 0 Å². The lowest BCUT2D eigenvalue weighted by Gasteiger charge is -2.14. The van der Waals surface area contributed by atoms with Crippen LogP contribution in [0.25, 0.3) is 6.08 Å². The summed E-state index contributed by atoms with van der Waals surface area (Å²) in [5.41, 5.74) is 4.18. The zero-order chi connectivity index (χ0) is 25.5. The van der Waals surface area contributed by atoms with Crippen molar-refractivity contribution in [3.8, 4) is 17.6 Å². The first-order valence-electron chi connectivity index (χ1n) is 11.7. The Morgan fingerprint density at radius 1 is 1.08 bits per heavy atom. The molecule has 0 spiro atoms. The number of hydrogen-bond donors (Lipinski definition) is 0. The molecule has 7 heteroatoms. The van der Waals surface area contributed by atoms with E-state index in [1.165, 1.54) is 11.8 Å². The van der Waals surface area contributed by atoms with E-state index in [4.69, 9.17) is 14.5 Å². The highest BCUT2D eigenvalue weighted by Gasteiger charge is 2.32. The Morgan fingerprint density at radius 2 is 1.86 bits per heavy atom. The van der Waals surface area contributed by atoms with Crippen molar-refractivity contribution in [3.05, 3.63) is 93.9 Å². The Balaban J connectivity index is 1.56. The largest absolute Gasteiger partial charge is 0.493 e. The number of carbonyl (C=O) groups excluding carboxylic acids is 1. The second kappa shape index (κ2) is 11.6. The molecule has 0 radical (unpaired) electrons. The molecular formula is C29H27N3O3S. The summed E-state index contributed by atoms with van der Waals surface area (Å²) in [7, 11) is 1.58. The molecule has 0 aromatic heterocycles. The van der Waals surface area contributed by atoms with Gasteiger partial charge in [-0.25, -0.2) is 4.99 Å². The first kappa shape index (κ1) is 25.1. The molecule has 1 amide bonds. The Hall–Kier alpha value is -4.02. The first-order valence-corrected chi connectivity index (χ1v) is 12.5. The normalized spacial score (nSPS) is 15.4. The minimum Gasteiger partial charge on any atom is -0.493 e. The number of ether oxygens (including phenoxy) is 2. The van der Waals surface area contributed by atoms with Crippen LogP contribution < -0.4 is 9.47 Å². The van der Waals surface area contributed by atoms with Gasteiger partial charge in [-0.3, -0.25) is 9.69 Å². The molecule has 1 aliphatic heterocycles. The molecule has 1 saturated heterocycles. The SMILES string of the molecule is CCCN1C(=O)/C(=C\c2ccc(OCc3ccccc3C#N)c(OC)c2)SC1=Nc1ccc(C)cc1. The van der Waals surface area contributed by atoms with Gasteiger partial charge in [0.2, 0.25) is 0 Å². The highest BCUT2D eigenvalue weighted by molar-refractivity contribution is 8.18. The maximum absolute atomic E-state index is 13.2. The van der Waals surface area contributed by atoms with Gasteiger partial charge in [-0.2, -0.15) is 5.26 Å². The van der Waals surface area contributed by atoms with Crippen LogP contribution in [0.4, 0.5) is 5.69 Å². The van der Waals surface area contributed by atoms with Crippen LogP contribution in [0.15, 0.2) is 76.6 Å². The zero-order valence-electron chi connectivity index (χ0n) is 20.5. The second-order valence-corrected chi connectivity index (χ2v) is 9.27. The predicted molar refractivity (Wildman–Crippen MR) is 144 cm³/mol. The van der Waals surface area contributed by atoms with Gasteiger partial charge in [0.05, 0.1) is 29.3 Å². The fraction of sp³-hybridized carbons (Fsp3) is 0.207. The Labute approximate surface area is 215 Å². The molecule has 1 aliphatic rings. The number of nitrogens with zero attached hydrogens (tertiary/aromatic N) is 3. The Bertz CT molecular complexity index is 1360. The van der Waals surface area contributed by atoms with Crippen LogP contribution in [0.2, 0.25) is 0 Å². The molecule has 3 aromatic rings. The highest BCUT2D eigenvalue weighted by atomic mass is 32.2. The average molecular weight is 498 g/mol. The maximum atomic E-state index is 13.2. The fourth-order valence-electron chi connectivity index (χ4n) is 3.70. The summed E-state index contributed by atoms with van der Waals surface area (Å²) < 4.78 is 11.5. The smallest absolute Gasteiger partial charge is 0.266 e. The van der Waals surface area contributed by atoms with Crippen molar-refractivity contribution in [2.24, 2.45) is 4.99 Å². The van der Waals surface area contributed by atoms with Gasteiger partial charge in [0.25, 0.3) is 5.91 Å². The molecule has 182 valence electrons. The molecule has 0 bridgehead atoms. The molecule has 0 saturated carbocycles. The van der Waals surface area contributed by atoms with Gasteiger partial charge in [-0.05, 0) is 67.1 Å². The zero-order valence-corrected chi connectivity index (χ0v) is 21.3. The quantitative estimate of drug-likeness (QED) is 0.334. The molecule has 1 heterocycles. The topological polar surface area (TPSA) is 74.9 Å². The van der Waals surface area contributed by atoms with Crippen LogP contribution >= 0.6 is 11.8 Å². The summed E-state index contributed by atoms with van der Waals surface area (Å²) in [5.74, 6) is 1.06. The van der Waals surface area contributed by atoms with Gasteiger partial charge < -0.3 is 9.47 Å². The number of amides is 1. The number of rotatable bonds is 8. The first-order chi connectivity index (χ1) is 17.5. The highest BCUT2D eigenvalue weighted by Crippen LogP contribution is 2.36. The third-order valence-electron chi connectivity index (χ3n) is 5.60. The summed E-state index contributed by atoms with van der Waals surface area (Å²) in [6.45, 7) is 4.93. The van der Waals surface area contributed by atoms with Gasteiger partial charge in [-0.1, -0.05) is 48.9 Å². The third-order valence-corrected chi connectivity index (χ3v) is 6.61. The van der Waals surface area contributed by atoms with E-state index in [0.29, 0.717) is 33.7 Å². The van der Waals surface area contributed by atoms with Crippen LogP contribution in [0.3, 0.4) is 0 Å². The molecule has 1 fully saturated rings. The summed E-state index contributed by atoms with van der Waals surface area (Å²) in [5, 5.41) is 9.98. The Morgan fingerprint density at radius 3 is 2.58 bits per heavy atom. The molecule has 0 N–H and O–H groups in total. The number of aryl methyl sites for hydroxylation is 1. The number of aliphatic imine (C=N–C) groups is 1. The van der Waals surface area contributed by atoms with Crippen LogP contribution in [-0.2, 0) is 11.4 Å². The lowest BCUT2D eigenvalue weighted by molar-refractivity contribution is -0.122. The van der Waals surface area contributed by atoms with E-state index in [2.05, 4.69) is 6.07 Å². The third kappa shape index (κ3) is 5.78. The lowest BCUT2D eigenvalue weighted by atomic mass is 10.1. The van der Waals surface area contributed by atoms with E-state index in [9.17, 15) is 10.1 Å². The van der Waals surface area contributed by atoms with E-state index in [0.717, 1.165) is 28.8 Å². The number of methoxy groups -OCH3 is 1. The number of carbonyl (C=O) groups is 1. The molecule has 0 unspecified atom stereocenters. The lowest BCUT2D eigenvalue weighted by Crippen LogP contribution is -2.29. The number of thioether (sulfide) groups is 1. The van der Waals surface area contributed by atoms with Crippen LogP contribution in [0.5, 0.6) is 11.5 Å². The molecule has 3 aromatic carbocycles. The summed E-state index contributed by atoms with van der Waals surface area (Å²) >= 11 is 1.37. The predicted octanol–water partition coefficient (Wildman–Crippen LogP) is 6.47. The van der Waals surface area contributed by atoms with Crippen molar-refractivity contribution >= 4 is 34.6 Å². The Kier molecular flexibility index (Phi) is 8.09. The van der Waals surface area contributed by atoms with Crippen LogP contribution in [-0.4, -0.2) is 29.6 Å². The van der Waals surface area contributed by atoms with Crippen molar-refractivity contribution in [2.45, 2.75) is 26.9 Å². The number of amidine groups is 1. The van der Waals surface area contributed by atoms with Gasteiger partial charge in [0.15, 0.2) is 16.7 Å². The number of nitriles is 1. The minimum atomic E-state index is -0.0554. The van der Waals surface area contributed by atoms with E-state index in [-0.39, 0.29) is 12.5 Å². The van der Waals surface area contributed by atoms with E-state index in [1.54, 1.807) is 18.1 Å². The fourth-order valence-corrected chi connectivity index (χ4v) is 4.72. The van der Waals surface area contributed by atoms with Gasteiger partial charge >= 0.3 is 0 Å². The number of benzene rings is 3. The van der Waals surface area contributed by atoms with Crippen molar-refractivity contribution < 1.29 is 14.3 Å². The summed E-state index contributed by atoms with van der Waals surface area (Å²) in [4.78, 5) is 20.2. The van der Waals surface area contributed by atoms with Gasteiger partial charge in [-0.15, -0.1) is 0 Å². The average Bonchev–Trinajstić information content (AvgIpc) is 3.18. The van der Waals surface area contributed by atoms with Crippen molar-refractivity contribution in [1.29, 1.82) is 5.26 Å². The van der Waals surface area contributed by atoms with Crippen LogP contribution in [0, 0.1) is 18.3 Å². The summed E-state index contributed by atoms with van der Waals surface area (Å²) in [6, 6.07) is 23.0. The van der Waals surface area contributed by atoms with Gasteiger partial charge in [0.1, 0.15) is 6.61 Å². The van der Waals surface area contributed by atoms with E-state index in [1.807, 2.05) is 80.6 Å². The molecule has 4 rings (SSSR count). The molecular weight excluding hydrogens is 470 g/mol. The van der Waals surface area contributed by atoms with E-state index >= 15 is 0 Å². The minimum absolute atomic E-state index is 0.0554. The van der Waals surface area contributed by atoms with Crippen molar-refractivity contribution in [1.82, 2.24) is 4.90 Å². The molecule has 6 nitrogen and oxygen atoms in total. The second-order valence-electron chi connectivity index (χ2n) is 8.27. The van der Waals surface area contributed by atoms with Crippen LogP contribution in [0.1, 0.15) is 35.6 Å². The van der Waals surface area contributed by atoms with Crippen molar-refractivity contribution in [2.75, 3.05) is 13.7 Å². The molecule has 0 aliphatic carbocycles. The number of hydrogen-bond acceptors (Lipinski definition) is 6. The monoisotopic (exact) mass is 497 g/mol.